The molecule has 2 aromatic rings. The number of halogens is 1. The summed E-state index contributed by atoms with van der Waals surface area (Å²) in [6, 6.07) is 8.62. The van der Waals surface area contributed by atoms with E-state index in [9.17, 15) is 27.7 Å². The zero-order valence-corrected chi connectivity index (χ0v) is 16.8. The molecule has 1 aliphatic rings. The number of nitrogens with zero attached hydrogens (tertiary/aromatic N) is 3. The highest BCUT2D eigenvalue weighted by atomic mass is 32.2. The first-order valence-electron chi connectivity index (χ1n) is 9.27. The summed E-state index contributed by atoms with van der Waals surface area (Å²) in [4.78, 5) is 23.5. The van der Waals surface area contributed by atoms with Gasteiger partial charge in [-0.25, -0.2) is 12.8 Å². The van der Waals surface area contributed by atoms with Crippen LogP contribution in [0.1, 0.15) is 17.0 Å². The molecule has 162 valence electrons. The molecule has 0 radical (unpaired) electrons. The molecule has 12 heteroatoms. The minimum Gasteiger partial charge on any atom is -0.395 e. The second-order valence-corrected chi connectivity index (χ2v) is 8.75. The van der Waals surface area contributed by atoms with E-state index in [1.54, 1.807) is 18.2 Å². The topological polar surface area (TPSA) is 126 Å². The fraction of sp³-hybridized carbons (Fsp3) is 0.389. The van der Waals surface area contributed by atoms with E-state index < -0.39 is 26.7 Å². The van der Waals surface area contributed by atoms with Crippen LogP contribution >= 0.6 is 0 Å². The molecule has 1 aromatic carbocycles. The van der Waals surface area contributed by atoms with Crippen molar-refractivity contribution in [2.45, 2.75) is 6.42 Å². The molecule has 2 heterocycles. The Balaban J connectivity index is 1.44. The van der Waals surface area contributed by atoms with Crippen LogP contribution < -0.4 is 10.2 Å². The van der Waals surface area contributed by atoms with E-state index in [0.717, 1.165) is 6.07 Å². The molecule has 1 saturated heterocycles. The second kappa shape index (κ2) is 9.22. The number of hydrogen-bond acceptors (Lipinski definition) is 7. The number of para-hydroxylation sites is 1. The van der Waals surface area contributed by atoms with Crippen molar-refractivity contribution in [3.63, 3.8) is 0 Å². The molecule has 1 aromatic heterocycles. The zero-order chi connectivity index (χ0) is 21.7. The lowest BCUT2D eigenvalue weighted by molar-refractivity contribution is -0.402. The van der Waals surface area contributed by atoms with Gasteiger partial charge >= 0.3 is 5.88 Å². The van der Waals surface area contributed by atoms with E-state index in [-0.39, 0.29) is 43.4 Å². The smallest absolute Gasteiger partial charge is 0.395 e. The first-order valence-corrected chi connectivity index (χ1v) is 10.9. The fourth-order valence-corrected chi connectivity index (χ4v) is 4.62. The molecule has 3 rings (SSSR count). The Hall–Kier alpha value is -2.99. The van der Waals surface area contributed by atoms with Crippen LogP contribution in [0.25, 0.3) is 0 Å². The lowest BCUT2D eigenvalue weighted by atomic mass is 10.2. The number of rotatable bonds is 8. The van der Waals surface area contributed by atoms with Gasteiger partial charge in [0.15, 0.2) is 5.76 Å². The van der Waals surface area contributed by atoms with E-state index in [2.05, 4.69) is 5.32 Å². The summed E-state index contributed by atoms with van der Waals surface area (Å²) >= 11 is 0. The summed E-state index contributed by atoms with van der Waals surface area (Å²) in [5.41, 5.74) is 0.454. The van der Waals surface area contributed by atoms with Gasteiger partial charge in [0.05, 0.1) is 17.5 Å². The number of furan rings is 1. The van der Waals surface area contributed by atoms with E-state index >= 15 is 0 Å². The number of nitrogens with one attached hydrogen (secondary N) is 1. The van der Waals surface area contributed by atoms with Gasteiger partial charge in [0.2, 0.25) is 10.0 Å². The van der Waals surface area contributed by atoms with Crippen molar-refractivity contribution in [2.75, 3.05) is 43.4 Å². The van der Waals surface area contributed by atoms with Gasteiger partial charge in [0.25, 0.3) is 5.91 Å². The number of sulfonamides is 1. The number of nitro groups is 1. The first kappa shape index (κ1) is 21.7. The summed E-state index contributed by atoms with van der Waals surface area (Å²) in [6.07, 6.45) is 0.171. The Bertz CT molecular complexity index is 1020. The quantitative estimate of drug-likeness (QED) is 0.375. The molecular weight excluding hydrogens is 419 g/mol. The first-order chi connectivity index (χ1) is 14.3. The van der Waals surface area contributed by atoms with Crippen LogP contribution in [-0.4, -0.2) is 62.0 Å². The molecule has 1 fully saturated rings. The van der Waals surface area contributed by atoms with Crippen molar-refractivity contribution in [3.8, 4) is 0 Å². The van der Waals surface area contributed by atoms with Crippen molar-refractivity contribution in [1.29, 1.82) is 0 Å². The average Bonchev–Trinajstić information content (AvgIpc) is 3.22. The molecule has 0 saturated carbocycles. The van der Waals surface area contributed by atoms with Crippen LogP contribution in [-0.2, 0) is 10.0 Å². The third-order valence-corrected chi connectivity index (χ3v) is 6.64. The summed E-state index contributed by atoms with van der Waals surface area (Å²) in [5.74, 6) is -1.91. The Morgan fingerprint density at radius 1 is 1.17 bits per heavy atom. The maximum Gasteiger partial charge on any atom is 0.433 e. The maximum absolute atomic E-state index is 13.9. The summed E-state index contributed by atoms with van der Waals surface area (Å²) in [5, 5.41) is 13.0. The van der Waals surface area contributed by atoms with Crippen molar-refractivity contribution >= 4 is 27.5 Å². The summed E-state index contributed by atoms with van der Waals surface area (Å²) in [6.45, 7) is 1.34. The van der Waals surface area contributed by atoms with E-state index in [1.165, 1.54) is 16.4 Å². The molecule has 1 aliphatic heterocycles. The molecule has 1 amide bonds. The van der Waals surface area contributed by atoms with E-state index in [1.807, 2.05) is 4.90 Å². The van der Waals surface area contributed by atoms with Crippen LogP contribution in [0.5, 0.6) is 0 Å². The van der Waals surface area contributed by atoms with Gasteiger partial charge in [-0.2, -0.15) is 4.31 Å². The molecule has 10 nitrogen and oxygen atoms in total. The van der Waals surface area contributed by atoms with Gasteiger partial charge in [-0.3, -0.25) is 14.9 Å². The second-order valence-electron chi connectivity index (χ2n) is 6.66. The highest BCUT2D eigenvalue weighted by Crippen LogP contribution is 2.21. The number of amides is 1. The summed E-state index contributed by atoms with van der Waals surface area (Å²) in [7, 11) is -3.52. The molecule has 0 bridgehead atoms. The fourth-order valence-electron chi connectivity index (χ4n) is 3.14. The summed E-state index contributed by atoms with van der Waals surface area (Å²) < 4.78 is 45.1. The Labute approximate surface area is 172 Å². The largest absolute Gasteiger partial charge is 0.433 e. The highest BCUT2D eigenvalue weighted by Gasteiger charge is 2.27. The van der Waals surface area contributed by atoms with Crippen LogP contribution in [0.2, 0.25) is 0 Å². The third kappa shape index (κ3) is 5.13. The predicted octanol–water partition coefficient (Wildman–Crippen LogP) is 1.60. The van der Waals surface area contributed by atoms with Crippen molar-refractivity contribution in [2.24, 2.45) is 0 Å². The van der Waals surface area contributed by atoms with Crippen LogP contribution in [0, 0.1) is 15.9 Å². The standard InChI is InChI=1S/C18H21FN4O6S/c19-14-4-1-2-5-15(14)21-9-11-22(12-10-21)30(27,28)13-3-8-20-18(24)16-6-7-17(29-16)23(25)26/h1-2,4-7H,3,8-13H2,(H,20,24). The Kier molecular flexibility index (Phi) is 6.67. The number of piperazine rings is 1. The van der Waals surface area contributed by atoms with E-state index in [0.29, 0.717) is 18.8 Å². The number of carbonyl (C=O) groups excluding carboxylic acids is 1. The molecular formula is C18H21FN4O6S. The minimum absolute atomic E-state index is 0.0712. The maximum atomic E-state index is 13.9. The van der Waals surface area contributed by atoms with Crippen LogP contribution in [0.4, 0.5) is 16.0 Å². The SMILES string of the molecule is O=C(NCCCS(=O)(=O)N1CCN(c2ccccc2F)CC1)c1ccc([N+](=O)[O-])o1. The molecule has 30 heavy (non-hydrogen) atoms. The van der Waals surface area contributed by atoms with Gasteiger partial charge in [-0.05, 0) is 24.6 Å². The van der Waals surface area contributed by atoms with Gasteiger partial charge in [-0.15, -0.1) is 0 Å². The number of benzene rings is 1. The minimum atomic E-state index is -3.52. The van der Waals surface area contributed by atoms with Gasteiger partial charge in [-0.1, -0.05) is 12.1 Å². The van der Waals surface area contributed by atoms with Crippen LogP contribution in [0.3, 0.4) is 0 Å². The third-order valence-electron chi connectivity index (χ3n) is 4.69. The van der Waals surface area contributed by atoms with Gasteiger partial charge in [0.1, 0.15) is 10.7 Å². The predicted molar refractivity (Wildman–Crippen MR) is 106 cm³/mol. The number of hydrogen-bond donors (Lipinski definition) is 1. The lowest BCUT2D eigenvalue weighted by Gasteiger charge is -2.35. The number of anilines is 1. The zero-order valence-electron chi connectivity index (χ0n) is 16.0. The van der Waals surface area contributed by atoms with Crippen molar-refractivity contribution in [1.82, 2.24) is 9.62 Å². The highest BCUT2D eigenvalue weighted by molar-refractivity contribution is 7.89. The van der Waals surface area contributed by atoms with Gasteiger partial charge in [0, 0.05) is 32.7 Å². The monoisotopic (exact) mass is 440 g/mol. The number of carbonyl (C=O) groups is 1. The molecule has 0 aliphatic carbocycles. The van der Waals surface area contributed by atoms with Crippen LogP contribution in [0.15, 0.2) is 40.8 Å². The van der Waals surface area contributed by atoms with Crippen molar-refractivity contribution in [3.05, 3.63) is 58.1 Å². The van der Waals surface area contributed by atoms with Gasteiger partial charge < -0.3 is 14.6 Å². The molecule has 0 atom stereocenters. The lowest BCUT2D eigenvalue weighted by Crippen LogP contribution is -2.49. The van der Waals surface area contributed by atoms with Crippen molar-refractivity contribution < 1.29 is 26.9 Å². The molecule has 1 N–H and O–H groups in total. The van der Waals surface area contributed by atoms with E-state index in [4.69, 9.17) is 4.42 Å². The molecule has 0 unspecified atom stereocenters. The Morgan fingerprint density at radius 3 is 2.50 bits per heavy atom. The molecule has 0 spiro atoms. The average molecular weight is 440 g/mol. The normalized spacial score (nSPS) is 15.2. The Morgan fingerprint density at radius 2 is 1.87 bits per heavy atom.